The monoisotopic (exact) mass is 396 g/mol. The summed E-state index contributed by atoms with van der Waals surface area (Å²) in [6, 6.07) is 12.9. The summed E-state index contributed by atoms with van der Waals surface area (Å²) >= 11 is 5.98. The number of carbonyl (C=O) groups is 1. The second kappa shape index (κ2) is 7.74. The highest BCUT2D eigenvalue weighted by Crippen LogP contribution is 2.24. The maximum atomic E-state index is 12.3. The van der Waals surface area contributed by atoms with Crippen molar-refractivity contribution in [2.75, 3.05) is 7.11 Å². The number of nitrogens with zero attached hydrogens (tertiary/aromatic N) is 2. The average Bonchev–Trinajstić information content (AvgIpc) is 3.33. The first kappa shape index (κ1) is 18.1. The first-order chi connectivity index (χ1) is 13.6. The third kappa shape index (κ3) is 3.84. The number of rotatable bonds is 6. The fraction of sp³-hybridized carbons (Fsp3) is 0.150. The molecule has 142 valence electrons. The number of hydrogen-bond acceptors (Lipinski definition) is 5. The largest absolute Gasteiger partial charge is 0.497 e. The molecule has 0 aliphatic heterocycles. The van der Waals surface area contributed by atoms with Crippen molar-refractivity contribution in [1.29, 1.82) is 0 Å². The minimum atomic E-state index is -0.147. The minimum absolute atomic E-state index is 0.147. The van der Waals surface area contributed by atoms with Crippen molar-refractivity contribution >= 4 is 28.4 Å². The quantitative estimate of drug-likeness (QED) is 0.518. The Morgan fingerprint density at radius 1 is 1.29 bits per heavy atom. The second-order valence-corrected chi connectivity index (χ2v) is 6.64. The number of amides is 1. The summed E-state index contributed by atoms with van der Waals surface area (Å²) in [4.78, 5) is 19.8. The van der Waals surface area contributed by atoms with Gasteiger partial charge in [-0.2, -0.15) is 4.98 Å². The summed E-state index contributed by atoms with van der Waals surface area (Å²) < 4.78 is 10.5. The highest BCUT2D eigenvalue weighted by molar-refractivity contribution is 6.30. The molecule has 0 aliphatic carbocycles. The predicted molar refractivity (Wildman–Crippen MR) is 105 cm³/mol. The molecule has 0 saturated carbocycles. The van der Waals surface area contributed by atoms with Crippen molar-refractivity contribution in [1.82, 2.24) is 20.4 Å². The minimum Gasteiger partial charge on any atom is -0.497 e. The maximum Gasteiger partial charge on any atom is 0.246 e. The highest BCUT2D eigenvalue weighted by atomic mass is 35.5. The van der Waals surface area contributed by atoms with Crippen LogP contribution in [0.3, 0.4) is 0 Å². The van der Waals surface area contributed by atoms with Crippen molar-refractivity contribution in [2.24, 2.45) is 0 Å². The van der Waals surface area contributed by atoms with Gasteiger partial charge in [-0.3, -0.25) is 4.79 Å². The Hall–Kier alpha value is -3.32. The first-order valence-electron chi connectivity index (χ1n) is 8.61. The van der Waals surface area contributed by atoms with E-state index in [4.69, 9.17) is 20.9 Å². The number of hydrogen-bond donors (Lipinski definition) is 2. The molecular formula is C20H17ClN4O3. The molecule has 4 aromatic rings. The Balaban J connectivity index is 1.40. The van der Waals surface area contributed by atoms with Gasteiger partial charge in [0.25, 0.3) is 0 Å². The lowest BCUT2D eigenvalue weighted by atomic mass is 10.1. The van der Waals surface area contributed by atoms with E-state index in [1.54, 1.807) is 19.2 Å². The highest BCUT2D eigenvalue weighted by Gasteiger charge is 2.13. The molecule has 4 rings (SSSR count). The number of H-pyrrole nitrogens is 1. The zero-order chi connectivity index (χ0) is 19.5. The Kier molecular flexibility index (Phi) is 4.99. The van der Waals surface area contributed by atoms with E-state index >= 15 is 0 Å². The van der Waals surface area contributed by atoms with Crippen molar-refractivity contribution in [3.63, 3.8) is 0 Å². The van der Waals surface area contributed by atoms with Crippen LogP contribution in [0.15, 0.2) is 53.2 Å². The smallest absolute Gasteiger partial charge is 0.246 e. The molecule has 0 unspecified atom stereocenters. The fourth-order valence-electron chi connectivity index (χ4n) is 2.91. The van der Waals surface area contributed by atoms with Crippen LogP contribution in [0.1, 0.15) is 11.5 Å². The molecule has 28 heavy (non-hydrogen) atoms. The van der Waals surface area contributed by atoms with Gasteiger partial charge < -0.3 is 19.6 Å². The van der Waals surface area contributed by atoms with Gasteiger partial charge in [0.05, 0.1) is 20.1 Å². The van der Waals surface area contributed by atoms with E-state index in [-0.39, 0.29) is 18.9 Å². The summed E-state index contributed by atoms with van der Waals surface area (Å²) in [5, 5.41) is 8.27. The fourth-order valence-corrected chi connectivity index (χ4v) is 3.10. The molecule has 2 aromatic carbocycles. The zero-order valence-electron chi connectivity index (χ0n) is 15.0. The molecule has 0 spiro atoms. The molecule has 7 nitrogen and oxygen atoms in total. The van der Waals surface area contributed by atoms with Gasteiger partial charge >= 0.3 is 0 Å². The van der Waals surface area contributed by atoms with Crippen molar-refractivity contribution < 1.29 is 14.1 Å². The van der Waals surface area contributed by atoms with E-state index in [0.717, 1.165) is 27.8 Å². The summed E-state index contributed by atoms with van der Waals surface area (Å²) in [7, 11) is 1.61. The Bertz CT molecular complexity index is 1140. The molecule has 8 heteroatoms. The molecule has 1 amide bonds. The van der Waals surface area contributed by atoms with Crippen LogP contribution in [0, 0.1) is 0 Å². The number of fused-ring (bicyclic) bond motifs is 1. The molecule has 0 aliphatic rings. The van der Waals surface area contributed by atoms with Gasteiger partial charge in [-0.15, -0.1) is 0 Å². The lowest BCUT2D eigenvalue weighted by Gasteiger charge is -2.03. The van der Waals surface area contributed by atoms with Gasteiger partial charge in [0.1, 0.15) is 5.75 Å². The van der Waals surface area contributed by atoms with E-state index in [2.05, 4.69) is 20.4 Å². The number of halogens is 1. The van der Waals surface area contributed by atoms with Crippen LogP contribution in [0.2, 0.25) is 5.02 Å². The van der Waals surface area contributed by atoms with Gasteiger partial charge in [-0.25, -0.2) is 0 Å². The third-order valence-corrected chi connectivity index (χ3v) is 4.55. The number of ether oxygens (including phenoxy) is 1. The SMILES string of the molecule is COc1ccc2[nH]cc(CC(=O)NCc3nc(-c4cccc(Cl)c4)no3)c2c1. The molecule has 0 fully saturated rings. The zero-order valence-corrected chi connectivity index (χ0v) is 15.8. The van der Waals surface area contributed by atoms with Crippen LogP contribution in [0.5, 0.6) is 5.75 Å². The van der Waals surface area contributed by atoms with Gasteiger partial charge in [-0.05, 0) is 35.9 Å². The van der Waals surface area contributed by atoms with E-state index in [1.165, 1.54) is 0 Å². The van der Waals surface area contributed by atoms with Gasteiger partial charge in [0, 0.05) is 27.7 Å². The number of aromatic amines is 1. The Morgan fingerprint density at radius 3 is 3.00 bits per heavy atom. The topological polar surface area (TPSA) is 93.0 Å². The van der Waals surface area contributed by atoms with Crippen molar-refractivity contribution in [2.45, 2.75) is 13.0 Å². The molecule has 2 heterocycles. The normalized spacial score (nSPS) is 10.9. The molecule has 0 radical (unpaired) electrons. The molecule has 0 bridgehead atoms. The van der Waals surface area contributed by atoms with Crippen LogP contribution in [0.25, 0.3) is 22.3 Å². The molecule has 0 saturated heterocycles. The average molecular weight is 397 g/mol. The first-order valence-corrected chi connectivity index (χ1v) is 8.99. The summed E-state index contributed by atoms with van der Waals surface area (Å²) in [5.74, 6) is 1.35. The maximum absolute atomic E-state index is 12.3. The summed E-state index contributed by atoms with van der Waals surface area (Å²) in [5.41, 5.74) is 2.59. The van der Waals surface area contributed by atoms with Gasteiger partial charge in [0.15, 0.2) is 0 Å². The van der Waals surface area contributed by atoms with E-state index in [1.807, 2.05) is 36.5 Å². The van der Waals surface area contributed by atoms with Crippen LogP contribution in [-0.4, -0.2) is 28.1 Å². The number of benzene rings is 2. The lowest BCUT2D eigenvalue weighted by molar-refractivity contribution is -0.120. The van der Waals surface area contributed by atoms with Crippen LogP contribution >= 0.6 is 11.6 Å². The third-order valence-electron chi connectivity index (χ3n) is 4.31. The summed E-state index contributed by atoms with van der Waals surface area (Å²) in [6.07, 6.45) is 2.05. The molecule has 2 aromatic heterocycles. The Morgan fingerprint density at radius 2 is 2.18 bits per heavy atom. The molecule has 2 N–H and O–H groups in total. The van der Waals surface area contributed by atoms with Gasteiger partial charge in [0.2, 0.25) is 17.6 Å². The molecule has 0 atom stereocenters. The van der Waals surface area contributed by atoms with Crippen LogP contribution < -0.4 is 10.1 Å². The molecular weight excluding hydrogens is 380 g/mol. The standard InChI is InChI=1S/C20H17ClN4O3/c1-27-15-5-6-17-16(9-15)13(10-22-17)8-18(26)23-11-19-24-20(25-28-19)12-3-2-4-14(21)7-12/h2-7,9-10,22H,8,11H2,1H3,(H,23,26). The van der Waals surface area contributed by atoms with Gasteiger partial charge in [-0.1, -0.05) is 28.9 Å². The van der Waals surface area contributed by atoms with Crippen LogP contribution in [-0.2, 0) is 17.8 Å². The number of aromatic nitrogens is 3. The predicted octanol–water partition coefficient (Wildman–Crippen LogP) is 3.74. The van der Waals surface area contributed by atoms with Crippen molar-refractivity contribution in [3.05, 3.63) is 65.1 Å². The van der Waals surface area contributed by atoms with E-state index < -0.39 is 0 Å². The number of nitrogens with one attached hydrogen (secondary N) is 2. The summed E-state index contributed by atoms with van der Waals surface area (Å²) in [6.45, 7) is 0.151. The van der Waals surface area contributed by atoms with Crippen LogP contribution in [0.4, 0.5) is 0 Å². The lowest BCUT2D eigenvalue weighted by Crippen LogP contribution is -2.24. The number of carbonyl (C=O) groups excluding carboxylic acids is 1. The van der Waals surface area contributed by atoms with E-state index in [9.17, 15) is 4.79 Å². The second-order valence-electron chi connectivity index (χ2n) is 6.20. The Labute approximate surface area is 165 Å². The van der Waals surface area contributed by atoms with Crippen molar-refractivity contribution in [3.8, 4) is 17.1 Å². The van der Waals surface area contributed by atoms with E-state index in [0.29, 0.717) is 16.7 Å². The number of methoxy groups -OCH3 is 1.